The minimum absolute atomic E-state index is 0.120. The maximum atomic E-state index is 10.6. The van der Waals surface area contributed by atoms with Gasteiger partial charge in [0.25, 0.3) is 0 Å². The molecule has 0 aliphatic rings. The summed E-state index contributed by atoms with van der Waals surface area (Å²) >= 11 is 5.74. The molecule has 0 N–H and O–H groups in total. The van der Waals surface area contributed by atoms with Crippen molar-refractivity contribution in [1.29, 1.82) is 0 Å². The first kappa shape index (κ1) is 11.4. The number of ether oxygens (including phenoxy) is 2. The summed E-state index contributed by atoms with van der Waals surface area (Å²) in [5, 5.41) is 0.591. The highest BCUT2D eigenvalue weighted by Crippen LogP contribution is 2.16. The lowest BCUT2D eigenvalue weighted by molar-refractivity contribution is -0.133. The predicted molar refractivity (Wildman–Crippen MR) is 56.7 cm³/mol. The maximum absolute atomic E-state index is 10.6. The first-order valence-electron chi connectivity index (χ1n) is 4.17. The van der Waals surface area contributed by atoms with Crippen molar-refractivity contribution in [3.8, 4) is 17.6 Å². The van der Waals surface area contributed by atoms with E-state index >= 15 is 0 Å². The third-order valence-electron chi connectivity index (χ3n) is 1.48. The van der Waals surface area contributed by atoms with Gasteiger partial charge in [0, 0.05) is 10.9 Å². The van der Waals surface area contributed by atoms with Crippen LogP contribution in [0.3, 0.4) is 0 Å². The Morgan fingerprint density at radius 3 is 3.00 bits per heavy atom. The lowest BCUT2D eigenvalue weighted by Gasteiger charge is -2.00. The lowest BCUT2D eigenvalue weighted by Crippen LogP contribution is -1.98. The van der Waals surface area contributed by atoms with Crippen LogP contribution in [0, 0.1) is 11.8 Å². The predicted octanol–water partition coefficient (Wildman–Crippen LogP) is 1.90. The summed E-state index contributed by atoms with van der Waals surface area (Å²) in [6, 6.07) is 6.94. The van der Waals surface area contributed by atoms with Gasteiger partial charge in [-0.05, 0) is 24.1 Å². The smallest absolute Gasteiger partial charge is 0.384 e. The molecule has 0 spiro atoms. The molecular weight excluding hydrogens is 216 g/mol. The fourth-order valence-corrected chi connectivity index (χ4v) is 1.02. The Kier molecular flexibility index (Phi) is 4.52. The van der Waals surface area contributed by atoms with Crippen molar-refractivity contribution < 1.29 is 14.3 Å². The number of halogens is 1. The van der Waals surface area contributed by atoms with Gasteiger partial charge >= 0.3 is 5.97 Å². The van der Waals surface area contributed by atoms with E-state index in [2.05, 4.69) is 16.6 Å². The van der Waals surface area contributed by atoms with Crippen LogP contribution in [0.25, 0.3) is 0 Å². The highest BCUT2D eigenvalue weighted by atomic mass is 35.5. The average Bonchev–Trinajstić information content (AvgIpc) is 2.24. The van der Waals surface area contributed by atoms with E-state index in [9.17, 15) is 4.79 Å². The van der Waals surface area contributed by atoms with Crippen LogP contribution < -0.4 is 4.74 Å². The molecule has 3 nitrogen and oxygen atoms in total. The Balaban J connectivity index is 2.43. The molecule has 0 heterocycles. The Morgan fingerprint density at radius 2 is 2.33 bits per heavy atom. The molecule has 4 heteroatoms. The number of hydrogen-bond donors (Lipinski definition) is 0. The molecule has 0 radical (unpaired) electrons. The van der Waals surface area contributed by atoms with Gasteiger partial charge in [-0.25, -0.2) is 4.79 Å². The van der Waals surface area contributed by atoms with Crippen LogP contribution in [0.1, 0.15) is 0 Å². The molecule has 0 aliphatic carbocycles. The molecule has 0 atom stereocenters. The summed E-state index contributed by atoms with van der Waals surface area (Å²) in [6.45, 7) is 0.120. The monoisotopic (exact) mass is 224 g/mol. The van der Waals surface area contributed by atoms with E-state index < -0.39 is 5.97 Å². The molecule has 0 aliphatic heterocycles. The number of esters is 1. The Hall–Kier alpha value is -1.66. The molecule has 15 heavy (non-hydrogen) atoms. The summed E-state index contributed by atoms with van der Waals surface area (Å²) in [5.41, 5.74) is 0. The molecule has 1 aromatic carbocycles. The molecule has 0 fully saturated rings. The van der Waals surface area contributed by atoms with Crippen molar-refractivity contribution >= 4 is 17.6 Å². The molecule has 0 unspecified atom stereocenters. The summed E-state index contributed by atoms with van der Waals surface area (Å²) < 4.78 is 9.55. The summed E-state index contributed by atoms with van der Waals surface area (Å²) in [6.07, 6.45) is 0. The normalized spacial score (nSPS) is 8.67. The zero-order valence-corrected chi connectivity index (χ0v) is 8.88. The van der Waals surface area contributed by atoms with Crippen LogP contribution in [-0.2, 0) is 9.53 Å². The van der Waals surface area contributed by atoms with Crippen molar-refractivity contribution in [2.45, 2.75) is 0 Å². The van der Waals surface area contributed by atoms with Gasteiger partial charge < -0.3 is 9.47 Å². The standard InChI is InChI=1S/C11H9ClO3/c1-14-11(13)6-3-7-15-10-5-2-4-9(12)8-10/h2,4-5,8H,7H2,1H3. The minimum Gasteiger partial charge on any atom is -0.481 e. The van der Waals surface area contributed by atoms with E-state index in [0.717, 1.165) is 0 Å². The maximum Gasteiger partial charge on any atom is 0.384 e. The molecule has 78 valence electrons. The molecule has 0 saturated heterocycles. The Bertz CT molecular complexity index is 404. The number of carbonyl (C=O) groups excluding carboxylic acids is 1. The van der Waals surface area contributed by atoms with Crippen LogP contribution >= 0.6 is 11.6 Å². The quantitative estimate of drug-likeness (QED) is 0.437. The van der Waals surface area contributed by atoms with Gasteiger partial charge in [-0.15, -0.1) is 0 Å². The zero-order chi connectivity index (χ0) is 11.1. The third kappa shape index (κ3) is 4.39. The molecule has 1 rings (SSSR count). The third-order valence-corrected chi connectivity index (χ3v) is 1.72. The molecule has 0 aromatic heterocycles. The van der Waals surface area contributed by atoms with Crippen molar-refractivity contribution in [2.75, 3.05) is 13.7 Å². The van der Waals surface area contributed by atoms with Crippen molar-refractivity contribution in [1.82, 2.24) is 0 Å². The van der Waals surface area contributed by atoms with E-state index in [4.69, 9.17) is 16.3 Å². The van der Waals surface area contributed by atoms with Crippen LogP contribution in [0.2, 0.25) is 5.02 Å². The first-order valence-corrected chi connectivity index (χ1v) is 4.55. The SMILES string of the molecule is COC(=O)C#CCOc1cccc(Cl)c1. The highest BCUT2D eigenvalue weighted by Gasteiger charge is 1.93. The Labute approximate surface area is 92.9 Å². The lowest BCUT2D eigenvalue weighted by atomic mass is 10.3. The molecule has 0 amide bonds. The van der Waals surface area contributed by atoms with E-state index in [1.165, 1.54) is 7.11 Å². The van der Waals surface area contributed by atoms with E-state index in [-0.39, 0.29) is 6.61 Å². The fourth-order valence-electron chi connectivity index (χ4n) is 0.835. The van der Waals surface area contributed by atoms with Crippen LogP contribution in [-0.4, -0.2) is 19.7 Å². The van der Waals surface area contributed by atoms with Crippen LogP contribution in [0.4, 0.5) is 0 Å². The molecule has 0 bridgehead atoms. The van der Waals surface area contributed by atoms with Gasteiger partial charge in [-0.1, -0.05) is 17.7 Å². The van der Waals surface area contributed by atoms with Crippen molar-refractivity contribution in [3.05, 3.63) is 29.3 Å². The summed E-state index contributed by atoms with van der Waals surface area (Å²) in [4.78, 5) is 10.6. The summed E-state index contributed by atoms with van der Waals surface area (Å²) in [7, 11) is 1.27. The summed E-state index contributed by atoms with van der Waals surface area (Å²) in [5.74, 6) is 4.80. The molecular formula is C11H9ClO3. The second-order valence-electron chi connectivity index (χ2n) is 2.54. The topological polar surface area (TPSA) is 35.5 Å². The van der Waals surface area contributed by atoms with Crippen molar-refractivity contribution in [3.63, 3.8) is 0 Å². The van der Waals surface area contributed by atoms with E-state index in [1.54, 1.807) is 24.3 Å². The number of hydrogen-bond acceptors (Lipinski definition) is 3. The molecule has 0 saturated carbocycles. The number of carbonyl (C=O) groups is 1. The van der Waals surface area contributed by atoms with Crippen molar-refractivity contribution in [2.24, 2.45) is 0 Å². The van der Waals surface area contributed by atoms with Gasteiger partial charge in [0.2, 0.25) is 0 Å². The van der Waals surface area contributed by atoms with E-state index in [0.29, 0.717) is 10.8 Å². The minimum atomic E-state index is -0.579. The Morgan fingerprint density at radius 1 is 1.53 bits per heavy atom. The fraction of sp³-hybridized carbons (Fsp3) is 0.182. The second-order valence-corrected chi connectivity index (χ2v) is 2.98. The van der Waals surface area contributed by atoms with Crippen LogP contribution in [0.15, 0.2) is 24.3 Å². The first-order chi connectivity index (χ1) is 7.22. The van der Waals surface area contributed by atoms with Gasteiger partial charge in [-0.2, -0.15) is 0 Å². The van der Waals surface area contributed by atoms with Gasteiger partial charge in [0.1, 0.15) is 12.4 Å². The highest BCUT2D eigenvalue weighted by molar-refractivity contribution is 6.30. The van der Waals surface area contributed by atoms with Gasteiger partial charge in [-0.3, -0.25) is 0 Å². The second kappa shape index (κ2) is 5.94. The van der Waals surface area contributed by atoms with Gasteiger partial charge in [0.05, 0.1) is 7.11 Å². The zero-order valence-electron chi connectivity index (χ0n) is 8.12. The number of rotatable bonds is 2. The number of methoxy groups -OCH3 is 1. The molecule has 1 aromatic rings. The average molecular weight is 225 g/mol. The van der Waals surface area contributed by atoms with E-state index in [1.807, 2.05) is 0 Å². The number of benzene rings is 1. The largest absolute Gasteiger partial charge is 0.481 e. The van der Waals surface area contributed by atoms with Crippen LogP contribution in [0.5, 0.6) is 5.75 Å². The van der Waals surface area contributed by atoms with Gasteiger partial charge in [0.15, 0.2) is 0 Å².